The average molecular weight is 307 g/mol. The molecule has 0 aromatic heterocycles. The van der Waals surface area contributed by atoms with Crippen molar-refractivity contribution >= 4 is 17.6 Å². The van der Waals surface area contributed by atoms with Gasteiger partial charge >= 0.3 is 5.97 Å². The first-order valence-corrected chi connectivity index (χ1v) is 7.36. The first kappa shape index (κ1) is 16.5. The third-order valence-corrected chi connectivity index (χ3v) is 3.77. The molecule has 0 saturated heterocycles. The summed E-state index contributed by atoms with van der Waals surface area (Å²) in [7, 11) is 0. The number of hydrogen-bond acceptors (Lipinski definition) is 5. The summed E-state index contributed by atoms with van der Waals surface area (Å²) in [5, 5.41) is 20.1. The number of nitrogens with zero attached hydrogens (tertiary/aromatic N) is 1. The minimum absolute atomic E-state index is 0.0191. The van der Waals surface area contributed by atoms with E-state index in [0.29, 0.717) is 18.5 Å². The number of fused-ring (bicyclic) bond motifs is 1. The summed E-state index contributed by atoms with van der Waals surface area (Å²) in [4.78, 5) is 24.5. The van der Waals surface area contributed by atoms with Crippen molar-refractivity contribution in [1.29, 1.82) is 0 Å². The van der Waals surface area contributed by atoms with Crippen LogP contribution in [0.2, 0.25) is 0 Å². The molecule has 22 heavy (non-hydrogen) atoms. The van der Waals surface area contributed by atoms with Crippen LogP contribution in [-0.4, -0.2) is 41.3 Å². The van der Waals surface area contributed by atoms with Gasteiger partial charge in [0.05, 0.1) is 19.1 Å². The van der Waals surface area contributed by atoms with Crippen LogP contribution in [0.15, 0.2) is 18.2 Å². The molecule has 0 radical (unpaired) electrons. The molecule has 1 aliphatic heterocycles. The maximum atomic E-state index is 11.5. The molecule has 0 fully saturated rings. The predicted octanol–water partition coefficient (Wildman–Crippen LogP) is 0.943. The lowest BCUT2D eigenvalue weighted by Gasteiger charge is -2.19. The average Bonchev–Trinajstić information content (AvgIpc) is 2.89. The van der Waals surface area contributed by atoms with E-state index in [1.54, 1.807) is 30.0 Å². The summed E-state index contributed by atoms with van der Waals surface area (Å²) in [5.41, 5.74) is 2.32. The Balaban J connectivity index is 2.10. The van der Waals surface area contributed by atoms with Crippen molar-refractivity contribution in [2.24, 2.45) is 0 Å². The van der Waals surface area contributed by atoms with E-state index in [9.17, 15) is 19.8 Å². The van der Waals surface area contributed by atoms with E-state index in [4.69, 9.17) is 4.74 Å². The SMILES string of the molecule is CCOC(=O)CC(O)C(O)c1ccc2c(c1)CCN2C(C)=O. The van der Waals surface area contributed by atoms with Crippen molar-refractivity contribution in [3.63, 3.8) is 0 Å². The highest BCUT2D eigenvalue weighted by Gasteiger charge is 2.26. The summed E-state index contributed by atoms with van der Waals surface area (Å²) in [5.74, 6) is -0.563. The minimum atomic E-state index is -1.22. The van der Waals surface area contributed by atoms with Gasteiger partial charge in [-0.15, -0.1) is 0 Å². The zero-order valence-electron chi connectivity index (χ0n) is 12.8. The van der Waals surface area contributed by atoms with Crippen molar-refractivity contribution in [2.75, 3.05) is 18.1 Å². The number of amides is 1. The molecule has 6 nitrogen and oxygen atoms in total. The van der Waals surface area contributed by atoms with Crippen molar-refractivity contribution in [3.8, 4) is 0 Å². The maximum absolute atomic E-state index is 11.5. The number of benzene rings is 1. The summed E-state index contributed by atoms with van der Waals surface area (Å²) >= 11 is 0. The molecule has 6 heteroatoms. The molecule has 0 saturated carbocycles. The molecule has 2 unspecified atom stereocenters. The van der Waals surface area contributed by atoms with Crippen molar-refractivity contribution in [2.45, 2.75) is 38.9 Å². The van der Waals surface area contributed by atoms with Gasteiger partial charge in [0.1, 0.15) is 6.10 Å². The molecular formula is C16H21NO5. The Kier molecular flexibility index (Phi) is 5.15. The Morgan fingerprint density at radius 1 is 1.36 bits per heavy atom. The van der Waals surface area contributed by atoms with Crippen molar-refractivity contribution < 1.29 is 24.5 Å². The lowest BCUT2D eigenvalue weighted by molar-refractivity contribution is -0.147. The highest BCUT2D eigenvalue weighted by Crippen LogP contribution is 2.31. The third-order valence-electron chi connectivity index (χ3n) is 3.77. The van der Waals surface area contributed by atoms with Gasteiger partial charge in [-0.05, 0) is 30.5 Å². The van der Waals surface area contributed by atoms with Gasteiger partial charge in [0.25, 0.3) is 0 Å². The van der Waals surface area contributed by atoms with E-state index in [0.717, 1.165) is 11.3 Å². The van der Waals surface area contributed by atoms with Gasteiger partial charge in [-0.25, -0.2) is 0 Å². The fourth-order valence-corrected chi connectivity index (χ4v) is 2.66. The highest BCUT2D eigenvalue weighted by molar-refractivity contribution is 5.93. The van der Waals surface area contributed by atoms with Crippen LogP contribution in [0.4, 0.5) is 5.69 Å². The molecule has 120 valence electrons. The van der Waals surface area contributed by atoms with Crippen LogP contribution in [0.25, 0.3) is 0 Å². The lowest BCUT2D eigenvalue weighted by Crippen LogP contribution is -2.25. The van der Waals surface area contributed by atoms with Crippen LogP contribution < -0.4 is 4.90 Å². The van der Waals surface area contributed by atoms with Crippen LogP contribution >= 0.6 is 0 Å². The van der Waals surface area contributed by atoms with Crippen LogP contribution in [0.3, 0.4) is 0 Å². The summed E-state index contributed by atoms with van der Waals surface area (Å²) < 4.78 is 4.76. The van der Waals surface area contributed by atoms with Crippen LogP contribution in [0.1, 0.15) is 37.5 Å². The number of anilines is 1. The minimum Gasteiger partial charge on any atom is -0.466 e. The van der Waals surface area contributed by atoms with E-state index in [1.807, 2.05) is 0 Å². The van der Waals surface area contributed by atoms with Gasteiger partial charge in [-0.1, -0.05) is 12.1 Å². The Hall–Kier alpha value is -1.92. The second-order valence-corrected chi connectivity index (χ2v) is 5.33. The van der Waals surface area contributed by atoms with Gasteiger partial charge in [0.2, 0.25) is 5.91 Å². The summed E-state index contributed by atoms with van der Waals surface area (Å²) in [6.07, 6.45) is -1.93. The van der Waals surface area contributed by atoms with Crippen molar-refractivity contribution in [3.05, 3.63) is 29.3 Å². The van der Waals surface area contributed by atoms with E-state index in [1.165, 1.54) is 6.92 Å². The second kappa shape index (κ2) is 6.89. The Morgan fingerprint density at radius 3 is 2.73 bits per heavy atom. The smallest absolute Gasteiger partial charge is 0.308 e. The number of carbonyl (C=O) groups is 2. The Morgan fingerprint density at radius 2 is 2.09 bits per heavy atom. The number of aliphatic hydroxyl groups is 2. The van der Waals surface area contributed by atoms with E-state index in [2.05, 4.69) is 0 Å². The number of esters is 1. The van der Waals surface area contributed by atoms with Crippen LogP contribution in [0.5, 0.6) is 0 Å². The lowest BCUT2D eigenvalue weighted by atomic mass is 9.99. The van der Waals surface area contributed by atoms with Crippen LogP contribution in [0, 0.1) is 0 Å². The van der Waals surface area contributed by atoms with Crippen molar-refractivity contribution in [1.82, 2.24) is 0 Å². The number of hydrogen-bond donors (Lipinski definition) is 2. The number of ether oxygens (including phenoxy) is 1. The van der Waals surface area contributed by atoms with Gasteiger partial charge in [-0.2, -0.15) is 0 Å². The molecule has 0 aliphatic carbocycles. The Bertz CT molecular complexity index is 572. The number of carbonyl (C=O) groups excluding carboxylic acids is 2. The zero-order valence-corrected chi connectivity index (χ0v) is 12.8. The Labute approximate surface area is 129 Å². The molecule has 2 rings (SSSR count). The van der Waals surface area contributed by atoms with E-state index in [-0.39, 0.29) is 18.9 Å². The molecular weight excluding hydrogens is 286 g/mol. The maximum Gasteiger partial charge on any atom is 0.308 e. The molecule has 1 amide bonds. The third kappa shape index (κ3) is 3.45. The topological polar surface area (TPSA) is 87.1 Å². The molecule has 1 aliphatic rings. The largest absolute Gasteiger partial charge is 0.466 e. The molecule has 1 aromatic rings. The molecule has 0 bridgehead atoms. The molecule has 0 spiro atoms. The highest BCUT2D eigenvalue weighted by atomic mass is 16.5. The first-order chi connectivity index (χ1) is 10.4. The normalized spacial score (nSPS) is 16.1. The fraction of sp³-hybridized carbons (Fsp3) is 0.500. The molecule has 2 atom stereocenters. The van der Waals surface area contributed by atoms with E-state index < -0.39 is 18.2 Å². The predicted molar refractivity (Wildman–Crippen MR) is 80.4 cm³/mol. The van der Waals surface area contributed by atoms with Gasteiger partial charge in [-0.3, -0.25) is 9.59 Å². The molecule has 1 heterocycles. The quantitative estimate of drug-likeness (QED) is 0.791. The second-order valence-electron chi connectivity index (χ2n) is 5.33. The standard InChI is InChI=1S/C16H21NO5/c1-3-22-15(20)9-14(19)16(21)12-4-5-13-11(8-12)6-7-17(13)10(2)18/h4-5,8,14,16,19,21H,3,6-7,9H2,1-2H3. The molecule has 2 N–H and O–H groups in total. The zero-order chi connectivity index (χ0) is 16.3. The van der Waals surface area contributed by atoms with Gasteiger partial charge in [0, 0.05) is 19.2 Å². The van der Waals surface area contributed by atoms with E-state index >= 15 is 0 Å². The fourth-order valence-electron chi connectivity index (χ4n) is 2.66. The van der Waals surface area contributed by atoms with Gasteiger partial charge < -0.3 is 19.8 Å². The first-order valence-electron chi connectivity index (χ1n) is 7.36. The van der Waals surface area contributed by atoms with Crippen LogP contribution in [-0.2, 0) is 20.7 Å². The summed E-state index contributed by atoms with van der Waals surface area (Å²) in [6.45, 7) is 4.06. The number of rotatable bonds is 5. The molecule has 1 aromatic carbocycles. The monoisotopic (exact) mass is 307 g/mol. The number of aliphatic hydroxyl groups excluding tert-OH is 2. The van der Waals surface area contributed by atoms with Gasteiger partial charge in [0.15, 0.2) is 0 Å². The summed E-state index contributed by atoms with van der Waals surface area (Å²) in [6, 6.07) is 5.20.